The topological polar surface area (TPSA) is 83.5 Å². The van der Waals surface area contributed by atoms with Crippen molar-refractivity contribution in [1.29, 1.82) is 0 Å². The third-order valence-corrected chi connectivity index (χ3v) is 7.77. The van der Waals surface area contributed by atoms with Gasteiger partial charge in [-0.2, -0.15) is 0 Å². The van der Waals surface area contributed by atoms with Crippen LogP contribution in [-0.2, 0) is 16.3 Å². The minimum Gasteiger partial charge on any atom is -0.333 e. The van der Waals surface area contributed by atoms with Crippen molar-refractivity contribution in [1.82, 2.24) is 14.9 Å². The zero-order valence-electron chi connectivity index (χ0n) is 14.4. The fourth-order valence-corrected chi connectivity index (χ4v) is 6.53. The minimum atomic E-state index is -3.21. The van der Waals surface area contributed by atoms with E-state index in [0.29, 0.717) is 24.6 Å². The molecule has 1 amide bonds. The van der Waals surface area contributed by atoms with Crippen molar-refractivity contribution in [2.45, 2.75) is 25.4 Å². The number of carbonyl (C=O) groups excluding carboxylic acids is 1. The average molecular weight is 393 g/mol. The van der Waals surface area contributed by atoms with Gasteiger partial charge in [-0.25, -0.2) is 18.4 Å². The number of sulfone groups is 1. The molecule has 0 radical (unpaired) electrons. The van der Waals surface area contributed by atoms with E-state index in [1.165, 1.54) is 0 Å². The van der Waals surface area contributed by atoms with Crippen LogP contribution in [0.15, 0.2) is 29.9 Å². The standard InChI is InChI=1S/C17H20N4O3S2/c1-2-13-8-12(9-25-13)16(22)20-6-7-21(17-18-4-3-5-19-17)15-11-26(23,24)10-14(15)20/h3-5,8-9,14-15H,2,6-7,10-11H2,1H3/t14-,15+/m0/s1. The molecular formula is C17H20N4O3S2. The highest BCUT2D eigenvalue weighted by Gasteiger charge is 2.49. The van der Waals surface area contributed by atoms with E-state index in [2.05, 4.69) is 16.9 Å². The van der Waals surface area contributed by atoms with Crippen LogP contribution < -0.4 is 4.90 Å². The van der Waals surface area contributed by atoms with Gasteiger partial charge in [-0.1, -0.05) is 6.92 Å². The fourth-order valence-electron chi connectivity index (χ4n) is 3.74. The first kappa shape index (κ1) is 17.4. The van der Waals surface area contributed by atoms with Crippen molar-refractivity contribution >= 4 is 33.0 Å². The van der Waals surface area contributed by atoms with Crippen molar-refractivity contribution in [3.8, 4) is 0 Å². The second-order valence-corrected chi connectivity index (χ2v) is 9.76. The summed E-state index contributed by atoms with van der Waals surface area (Å²) >= 11 is 1.57. The molecule has 7 nitrogen and oxygen atoms in total. The van der Waals surface area contributed by atoms with Gasteiger partial charge < -0.3 is 9.80 Å². The second-order valence-electron chi connectivity index (χ2n) is 6.61. The summed E-state index contributed by atoms with van der Waals surface area (Å²) < 4.78 is 24.7. The number of amides is 1. The summed E-state index contributed by atoms with van der Waals surface area (Å²) in [5, 5.41) is 1.87. The first-order valence-corrected chi connectivity index (χ1v) is 11.3. The maximum absolute atomic E-state index is 13.0. The van der Waals surface area contributed by atoms with Gasteiger partial charge >= 0.3 is 0 Å². The summed E-state index contributed by atoms with van der Waals surface area (Å²) in [7, 11) is -3.21. The summed E-state index contributed by atoms with van der Waals surface area (Å²) in [5.74, 6) is 0.471. The molecule has 2 aliphatic rings. The van der Waals surface area contributed by atoms with Gasteiger partial charge in [0, 0.05) is 35.7 Å². The molecule has 2 aromatic heterocycles. The monoisotopic (exact) mass is 392 g/mol. The van der Waals surface area contributed by atoms with Gasteiger partial charge in [0.05, 0.1) is 29.2 Å². The molecule has 0 bridgehead atoms. The Labute approximate surface area is 156 Å². The number of piperazine rings is 1. The quantitative estimate of drug-likeness (QED) is 0.781. The van der Waals surface area contributed by atoms with Gasteiger partial charge in [-0.3, -0.25) is 4.79 Å². The van der Waals surface area contributed by atoms with Gasteiger partial charge in [0.25, 0.3) is 5.91 Å². The Kier molecular flexibility index (Phi) is 4.44. The number of hydrogen-bond acceptors (Lipinski definition) is 7. The van der Waals surface area contributed by atoms with Crippen molar-refractivity contribution < 1.29 is 13.2 Å². The Balaban J connectivity index is 1.64. The SMILES string of the molecule is CCc1cc(C(=O)N2CCN(c3ncccn3)[C@@H]3CS(=O)(=O)C[C@@H]32)cs1. The molecule has 0 aliphatic carbocycles. The zero-order valence-corrected chi connectivity index (χ0v) is 16.0. The van der Waals surface area contributed by atoms with Gasteiger partial charge in [-0.05, 0) is 18.6 Å². The van der Waals surface area contributed by atoms with E-state index in [1.807, 2.05) is 16.3 Å². The van der Waals surface area contributed by atoms with Crippen LogP contribution in [0, 0.1) is 0 Å². The van der Waals surface area contributed by atoms with Crippen LogP contribution in [0.2, 0.25) is 0 Å². The number of thiophene rings is 1. The van der Waals surface area contributed by atoms with Crippen LogP contribution >= 0.6 is 11.3 Å². The molecular weight excluding hydrogens is 372 g/mol. The maximum Gasteiger partial charge on any atom is 0.255 e. The summed E-state index contributed by atoms with van der Waals surface area (Å²) in [5.41, 5.74) is 0.652. The minimum absolute atomic E-state index is 0.00247. The smallest absolute Gasteiger partial charge is 0.255 e. The molecule has 2 aromatic rings. The first-order chi connectivity index (χ1) is 12.5. The molecule has 138 valence electrons. The van der Waals surface area contributed by atoms with Crippen molar-refractivity contribution in [3.05, 3.63) is 40.3 Å². The number of aromatic nitrogens is 2. The highest BCUT2D eigenvalue weighted by molar-refractivity contribution is 7.91. The molecule has 0 unspecified atom stereocenters. The van der Waals surface area contributed by atoms with Gasteiger partial charge in [0.15, 0.2) is 9.84 Å². The van der Waals surface area contributed by atoms with E-state index >= 15 is 0 Å². The molecule has 2 aliphatic heterocycles. The highest BCUT2D eigenvalue weighted by Crippen LogP contribution is 2.30. The largest absolute Gasteiger partial charge is 0.333 e. The zero-order chi connectivity index (χ0) is 18.3. The number of aryl methyl sites for hydroxylation is 1. The van der Waals surface area contributed by atoms with Crippen molar-refractivity contribution in [2.24, 2.45) is 0 Å². The molecule has 0 N–H and O–H groups in total. The van der Waals surface area contributed by atoms with E-state index in [1.54, 1.807) is 34.7 Å². The average Bonchev–Trinajstić information content (AvgIpc) is 3.24. The molecule has 4 heterocycles. The van der Waals surface area contributed by atoms with E-state index in [4.69, 9.17) is 0 Å². The number of carbonyl (C=O) groups is 1. The number of fused-ring (bicyclic) bond motifs is 1. The molecule has 2 saturated heterocycles. The Morgan fingerprint density at radius 3 is 2.65 bits per heavy atom. The molecule has 26 heavy (non-hydrogen) atoms. The van der Waals surface area contributed by atoms with E-state index in [0.717, 1.165) is 11.3 Å². The third kappa shape index (κ3) is 3.09. The number of rotatable bonds is 3. The number of nitrogens with zero attached hydrogens (tertiary/aromatic N) is 4. The molecule has 0 aromatic carbocycles. The van der Waals surface area contributed by atoms with Crippen LogP contribution in [0.25, 0.3) is 0 Å². The van der Waals surface area contributed by atoms with Crippen LogP contribution in [-0.4, -0.2) is 65.9 Å². The van der Waals surface area contributed by atoms with Crippen molar-refractivity contribution in [2.75, 3.05) is 29.5 Å². The lowest BCUT2D eigenvalue weighted by atomic mass is 10.0. The molecule has 0 saturated carbocycles. The van der Waals surface area contributed by atoms with Crippen LogP contribution in [0.1, 0.15) is 22.2 Å². The lowest BCUT2D eigenvalue weighted by Crippen LogP contribution is -2.61. The van der Waals surface area contributed by atoms with E-state index in [-0.39, 0.29) is 29.5 Å². The normalized spacial score (nSPS) is 24.5. The Morgan fingerprint density at radius 2 is 1.96 bits per heavy atom. The van der Waals surface area contributed by atoms with Gasteiger partial charge in [0.2, 0.25) is 5.95 Å². The predicted octanol–water partition coefficient (Wildman–Crippen LogP) is 1.23. The van der Waals surface area contributed by atoms with E-state index < -0.39 is 9.84 Å². The maximum atomic E-state index is 13.0. The Morgan fingerprint density at radius 1 is 1.23 bits per heavy atom. The number of hydrogen-bond donors (Lipinski definition) is 0. The lowest BCUT2D eigenvalue weighted by Gasteiger charge is -2.43. The molecule has 9 heteroatoms. The second kappa shape index (κ2) is 6.62. The molecule has 2 atom stereocenters. The van der Waals surface area contributed by atoms with Crippen molar-refractivity contribution in [3.63, 3.8) is 0 Å². The summed E-state index contributed by atoms with van der Waals surface area (Å²) in [6, 6.07) is 2.98. The third-order valence-electron chi connectivity index (χ3n) is 5.00. The van der Waals surface area contributed by atoms with Crippen LogP contribution in [0.4, 0.5) is 5.95 Å². The van der Waals surface area contributed by atoms with Gasteiger partial charge in [-0.15, -0.1) is 11.3 Å². The first-order valence-electron chi connectivity index (χ1n) is 8.61. The Bertz CT molecular complexity index is 913. The number of anilines is 1. The molecule has 0 spiro atoms. The van der Waals surface area contributed by atoms with E-state index in [9.17, 15) is 13.2 Å². The van der Waals surface area contributed by atoms with Crippen LogP contribution in [0.3, 0.4) is 0 Å². The highest BCUT2D eigenvalue weighted by atomic mass is 32.2. The summed E-state index contributed by atoms with van der Waals surface area (Å²) in [4.78, 5) is 26.4. The molecule has 4 rings (SSSR count). The fraction of sp³-hybridized carbons (Fsp3) is 0.471. The Hall–Kier alpha value is -2.00. The van der Waals surface area contributed by atoms with Gasteiger partial charge in [0.1, 0.15) is 0 Å². The summed E-state index contributed by atoms with van der Waals surface area (Å²) in [6.07, 6.45) is 4.18. The summed E-state index contributed by atoms with van der Waals surface area (Å²) in [6.45, 7) is 3.04. The van der Waals surface area contributed by atoms with Crippen LogP contribution in [0.5, 0.6) is 0 Å². The predicted molar refractivity (Wildman–Crippen MR) is 100 cm³/mol. The molecule has 2 fully saturated rings. The lowest BCUT2D eigenvalue weighted by molar-refractivity contribution is 0.0648.